The van der Waals surface area contributed by atoms with E-state index in [9.17, 15) is 0 Å². The lowest BCUT2D eigenvalue weighted by atomic mass is 10.2. The van der Waals surface area contributed by atoms with E-state index >= 15 is 0 Å². The van der Waals surface area contributed by atoms with E-state index in [1.165, 1.54) is 0 Å². The highest BCUT2D eigenvalue weighted by atomic mass is 15.4. The Morgan fingerprint density at radius 3 is 2.62 bits per heavy atom. The van der Waals surface area contributed by atoms with Crippen molar-refractivity contribution in [1.29, 1.82) is 0 Å². The van der Waals surface area contributed by atoms with E-state index in [1.807, 2.05) is 16.3 Å². The van der Waals surface area contributed by atoms with E-state index in [0.29, 0.717) is 12.0 Å². The van der Waals surface area contributed by atoms with Crippen LogP contribution in [0.25, 0.3) is 11.2 Å². The third kappa shape index (κ3) is 1.47. The van der Waals surface area contributed by atoms with Crippen molar-refractivity contribution in [3.8, 4) is 0 Å². The summed E-state index contributed by atoms with van der Waals surface area (Å²) < 4.78 is 3.91. The summed E-state index contributed by atoms with van der Waals surface area (Å²) in [5, 5.41) is 4.50. The first-order valence-electron chi connectivity index (χ1n) is 5.75. The van der Waals surface area contributed by atoms with E-state index in [0.717, 1.165) is 29.7 Å². The summed E-state index contributed by atoms with van der Waals surface area (Å²) in [7, 11) is 1.95. The summed E-state index contributed by atoms with van der Waals surface area (Å²) in [6.45, 7) is 6.34. The molecule has 2 rings (SSSR count). The fourth-order valence-corrected chi connectivity index (χ4v) is 2.13. The van der Waals surface area contributed by atoms with Gasteiger partial charge in [0, 0.05) is 13.1 Å². The Balaban J connectivity index is 2.70. The van der Waals surface area contributed by atoms with Crippen LogP contribution in [-0.4, -0.2) is 19.3 Å². The number of nitrogens with zero attached hydrogens (tertiary/aromatic N) is 4. The van der Waals surface area contributed by atoms with Gasteiger partial charge in [0.15, 0.2) is 5.65 Å². The second-order valence-corrected chi connectivity index (χ2v) is 4.43. The number of rotatable bonds is 3. The SMILES string of the molecule is CCCc1nn(C)c2c1nc(N)n2C(C)C. The van der Waals surface area contributed by atoms with Crippen LogP contribution >= 0.6 is 0 Å². The lowest BCUT2D eigenvalue weighted by molar-refractivity contribution is 0.602. The maximum Gasteiger partial charge on any atom is 0.202 e. The van der Waals surface area contributed by atoms with Crippen LogP contribution in [0, 0.1) is 0 Å². The number of aryl methyl sites for hydroxylation is 2. The first kappa shape index (κ1) is 11.0. The monoisotopic (exact) mass is 221 g/mol. The molecule has 5 heteroatoms. The van der Waals surface area contributed by atoms with Gasteiger partial charge in [0.2, 0.25) is 5.95 Å². The van der Waals surface area contributed by atoms with Gasteiger partial charge in [-0.3, -0.25) is 9.25 Å². The van der Waals surface area contributed by atoms with Gasteiger partial charge in [-0.25, -0.2) is 4.98 Å². The average molecular weight is 221 g/mol. The maximum absolute atomic E-state index is 5.94. The van der Waals surface area contributed by atoms with E-state index in [4.69, 9.17) is 5.73 Å². The molecule has 0 spiro atoms. The largest absolute Gasteiger partial charge is 0.369 e. The fraction of sp³-hybridized carbons (Fsp3) is 0.636. The molecule has 88 valence electrons. The van der Waals surface area contributed by atoms with E-state index in [1.54, 1.807) is 0 Å². The molecule has 0 saturated heterocycles. The molecule has 0 aromatic carbocycles. The van der Waals surface area contributed by atoms with Crippen LogP contribution in [0.3, 0.4) is 0 Å². The molecule has 2 aromatic rings. The molecule has 0 unspecified atom stereocenters. The van der Waals surface area contributed by atoms with E-state index in [2.05, 4.69) is 30.9 Å². The van der Waals surface area contributed by atoms with Crippen molar-refractivity contribution in [3.63, 3.8) is 0 Å². The number of nitrogens with two attached hydrogens (primary N) is 1. The minimum Gasteiger partial charge on any atom is -0.369 e. The Kier molecular flexibility index (Phi) is 2.61. The quantitative estimate of drug-likeness (QED) is 0.860. The smallest absolute Gasteiger partial charge is 0.202 e. The van der Waals surface area contributed by atoms with Crippen molar-refractivity contribution in [2.24, 2.45) is 7.05 Å². The molecule has 0 radical (unpaired) electrons. The number of nitrogen functional groups attached to an aromatic ring is 1. The van der Waals surface area contributed by atoms with Gasteiger partial charge in [0.1, 0.15) is 5.52 Å². The van der Waals surface area contributed by atoms with Crippen molar-refractivity contribution in [2.45, 2.75) is 39.7 Å². The molecule has 0 aliphatic carbocycles. The fourth-order valence-electron chi connectivity index (χ4n) is 2.13. The Morgan fingerprint density at radius 1 is 1.38 bits per heavy atom. The zero-order chi connectivity index (χ0) is 11.9. The molecular weight excluding hydrogens is 202 g/mol. The van der Waals surface area contributed by atoms with Crippen LogP contribution in [0.2, 0.25) is 0 Å². The Labute approximate surface area is 95.3 Å². The van der Waals surface area contributed by atoms with Crippen molar-refractivity contribution in [2.75, 3.05) is 5.73 Å². The van der Waals surface area contributed by atoms with Crippen molar-refractivity contribution >= 4 is 17.1 Å². The highest BCUT2D eigenvalue weighted by Crippen LogP contribution is 2.25. The van der Waals surface area contributed by atoms with Gasteiger partial charge in [0.25, 0.3) is 0 Å². The Morgan fingerprint density at radius 2 is 2.06 bits per heavy atom. The molecule has 0 bridgehead atoms. The zero-order valence-corrected chi connectivity index (χ0v) is 10.4. The standard InChI is InChI=1S/C11H19N5/c1-5-6-8-9-10(15(4)14-8)16(7(2)3)11(12)13-9/h7H,5-6H2,1-4H3,(H2,12,13). The summed E-state index contributed by atoms with van der Waals surface area (Å²) >= 11 is 0. The topological polar surface area (TPSA) is 61.7 Å². The molecular formula is C11H19N5. The molecule has 0 aliphatic rings. The third-order valence-electron chi connectivity index (χ3n) is 2.77. The number of hydrogen-bond acceptors (Lipinski definition) is 3. The number of imidazole rings is 1. The van der Waals surface area contributed by atoms with Crippen LogP contribution in [0.15, 0.2) is 0 Å². The van der Waals surface area contributed by atoms with Crippen molar-refractivity contribution < 1.29 is 0 Å². The summed E-state index contributed by atoms with van der Waals surface area (Å²) in [4.78, 5) is 4.43. The molecule has 0 atom stereocenters. The van der Waals surface area contributed by atoms with Gasteiger partial charge in [-0.05, 0) is 20.3 Å². The maximum atomic E-state index is 5.94. The highest BCUT2D eigenvalue weighted by Gasteiger charge is 2.18. The first-order chi connectivity index (χ1) is 7.56. The number of fused-ring (bicyclic) bond motifs is 1. The minimum absolute atomic E-state index is 0.301. The van der Waals surface area contributed by atoms with Gasteiger partial charge >= 0.3 is 0 Å². The number of anilines is 1. The molecule has 0 aliphatic heterocycles. The zero-order valence-electron chi connectivity index (χ0n) is 10.4. The predicted octanol–water partition coefficient (Wildman–Crippen LogP) is 1.89. The molecule has 5 nitrogen and oxygen atoms in total. The summed E-state index contributed by atoms with van der Waals surface area (Å²) in [5.74, 6) is 0.579. The second kappa shape index (κ2) is 3.81. The van der Waals surface area contributed by atoms with E-state index in [-0.39, 0.29) is 0 Å². The van der Waals surface area contributed by atoms with Crippen LogP contribution in [0.4, 0.5) is 5.95 Å². The minimum atomic E-state index is 0.301. The molecule has 0 saturated carbocycles. The highest BCUT2D eigenvalue weighted by molar-refractivity contribution is 5.78. The van der Waals surface area contributed by atoms with Crippen LogP contribution in [-0.2, 0) is 13.5 Å². The summed E-state index contributed by atoms with van der Waals surface area (Å²) in [5.41, 5.74) is 8.97. The molecule has 0 fully saturated rings. The van der Waals surface area contributed by atoms with Crippen molar-refractivity contribution in [3.05, 3.63) is 5.69 Å². The normalized spacial score (nSPS) is 11.8. The predicted molar refractivity (Wildman–Crippen MR) is 65.3 cm³/mol. The summed E-state index contributed by atoms with van der Waals surface area (Å²) in [6.07, 6.45) is 2.02. The molecule has 2 aromatic heterocycles. The lowest BCUT2D eigenvalue weighted by Crippen LogP contribution is -2.08. The molecule has 2 N–H and O–H groups in total. The molecule has 2 heterocycles. The Bertz CT molecular complexity index is 506. The van der Waals surface area contributed by atoms with Gasteiger partial charge in [-0.2, -0.15) is 5.10 Å². The average Bonchev–Trinajstić information content (AvgIpc) is 2.66. The van der Waals surface area contributed by atoms with Crippen LogP contribution in [0.1, 0.15) is 38.9 Å². The molecule has 0 amide bonds. The van der Waals surface area contributed by atoms with Crippen LogP contribution in [0.5, 0.6) is 0 Å². The molecule has 16 heavy (non-hydrogen) atoms. The van der Waals surface area contributed by atoms with Gasteiger partial charge < -0.3 is 5.73 Å². The van der Waals surface area contributed by atoms with Crippen molar-refractivity contribution in [1.82, 2.24) is 19.3 Å². The van der Waals surface area contributed by atoms with Gasteiger partial charge in [0.05, 0.1) is 5.69 Å². The van der Waals surface area contributed by atoms with Gasteiger partial charge in [-0.15, -0.1) is 0 Å². The van der Waals surface area contributed by atoms with Crippen LogP contribution < -0.4 is 5.73 Å². The number of hydrogen-bond donors (Lipinski definition) is 1. The first-order valence-corrected chi connectivity index (χ1v) is 5.75. The second-order valence-electron chi connectivity index (χ2n) is 4.43. The Hall–Kier alpha value is -1.52. The lowest BCUT2D eigenvalue weighted by Gasteiger charge is -2.09. The third-order valence-corrected chi connectivity index (χ3v) is 2.77. The number of aromatic nitrogens is 4. The van der Waals surface area contributed by atoms with Gasteiger partial charge in [-0.1, -0.05) is 13.3 Å². The van der Waals surface area contributed by atoms with E-state index < -0.39 is 0 Å². The summed E-state index contributed by atoms with van der Waals surface area (Å²) in [6, 6.07) is 0.301.